The number of ether oxygens (including phenoxy) is 2. The van der Waals surface area contributed by atoms with Gasteiger partial charge in [0.25, 0.3) is 0 Å². The van der Waals surface area contributed by atoms with E-state index in [1.54, 1.807) is 17.5 Å². The highest BCUT2D eigenvalue weighted by Gasteiger charge is 2.31. The number of piperidine rings is 1. The summed E-state index contributed by atoms with van der Waals surface area (Å²) in [4.78, 5) is 18.4. The molecule has 2 rings (SSSR count). The predicted molar refractivity (Wildman–Crippen MR) is 87.1 cm³/mol. The molecule has 0 aromatic carbocycles. The minimum absolute atomic E-state index is 0.0394. The molecule has 0 spiro atoms. The number of aromatic nitrogens is 1. The van der Waals surface area contributed by atoms with Crippen LogP contribution >= 0.6 is 11.3 Å². The van der Waals surface area contributed by atoms with Gasteiger partial charge in [-0.1, -0.05) is 0 Å². The first-order valence-electron chi connectivity index (χ1n) is 7.87. The molecule has 1 aliphatic rings. The third-order valence-corrected chi connectivity index (χ3v) is 4.53. The molecule has 0 unspecified atom stereocenters. The van der Waals surface area contributed by atoms with Crippen LogP contribution in [0.4, 0.5) is 4.79 Å². The Hall–Kier alpha value is -1.14. The van der Waals surface area contributed by atoms with Crippen molar-refractivity contribution in [2.24, 2.45) is 0 Å². The van der Waals surface area contributed by atoms with Gasteiger partial charge in [-0.15, -0.1) is 11.3 Å². The van der Waals surface area contributed by atoms with E-state index < -0.39 is 5.60 Å². The molecule has 1 saturated heterocycles. The molecule has 1 aliphatic heterocycles. The Labute approximate surface area is 136 Å². The fourth-order valence-corrected chi connectivity index (χ4v) is 3.14. The zero-order chi connectivity index (χ0) is 16.2. The molecule has 2 atom stereocenters. The summed E-state index contributed by atoms with van der Waals surface area (Å²) in [5.74, 6) is 0. The number of hydrogen-bond donors (Lipinski definition) is 0. The first kappa shape index (κ1) is 17.2. The molecule has 124 valence electrons. The lowest BCUT2D eigenvalue weighted by Crippen LogP contribution is -2.48. The number of rotatable bonds is 4. The van der Waals surface area contributed by atoms with Crippen LogP contribution in [0.1, 0.15) is 58.1 Å². The van der Waals surface area contributed by atoms with Crippen LogP contribution in [0.5, 0.6) is 0 Å². The Morgan fingerprint density at radius 1 is 1.50 bits per heavy atom. The predicted octanol–water partition coefficient (Wildman–Crippen LogP) is 4.01. The van der Waals surface area contributed by atoms with E-state index in [9.17, 15) is 4.79 Å². The smallest absolute Gasteiger partial charge is 0.410 e. The fourth-order valence-electron chi connectivity index (χ4n) is 2.50. The molecule has 1 aromatic rings. The molecular weight excluding hydrogens is 300 g/mol. The largest absolute Gasteiger partial charge is 0.444 e. The second-order valence-electron chi connectivity index (χ2n) is 6.67. The van der Waals surface area contributed by atoms with Crippen LogP contribution in [-0.2, 0) is 9.47 Å². The molecule has 0 aliphatic carbocycles. The van der Waals surface area contributed by atoms with E-state index >= 15 is 0 Å². The molecule has 22 heavy (non-hydrogen) atoms. The number of carbonyl (C=O) groups is 1. The molecule has 0 saturated carbocycles. The van der Waals surface area contributed by atoms with Crippen molar-refractivity contribution in [3.05, 3.63) is 16.6 Å². The number of nitrogens with zero attached hydrogens (tertiary/aromatic N) is 2. The van der Waals surface area contributed by atoms with Crippen molar-refractivity contribution in [1.29, 1.82) is 0 Å². The standard InChI is InChI=1S/C16H26N2O3S/c1-12(14-17-8-10-22-14)20-11-13-7-5-6-9-18(13)15(19)21-16(2,3)4/h8,10,12-13H,5-7,9,11H2,1-4H3/t12-,13+/m0/s1. The Morgan fingerprint density at radius 3 is 2.91 bits per heavy atom. The van der Waals surface area contributed by atoms with Crippen LogP contribution in [0.3, 0.4) is 0 Å². The number of likely N-dealkylation sites (tertiary alicyclic amines) is 1. The normalized spacial score (nSPS) is 20.7. The average Bonchev–Trinajstić information content (AvgIpc) is 2.97. The van der Waals surface area contributed by atoms with Crippen molar-refractivity contribution in [2.45, 2.75) is 64.7 Å². The van der Waals surface area contributed by atoms with Crippen LogP contribution in [0.15, 0.2) is 11.6 Å². The highest BCUT2D eigenvalue weighted by atomic mass is 32.1. The van der Waals surface area contributed by atoms with E-state index in [2.05, 4.69) is 4.98 Å². The van der Waals surface area contributed by atoms with Gasteiger partial charge in [-0.25, -0.2) is 9.78 Å². The summed E-state index contributed by atoms with van der Waals surface area (Å²) in [5.41, 5.74) is -0.464. The maximum absolute atomic E-state index is 12.3. The highest BCUT2D eigenvalue weighted by Crippen LogP contribution is 2.24. The fraction of sp³-hybridized carbons (Fsp3) is 0.750. The molecule has 1 aromatic heterocycles. The van der Waals surface area contributed by atoms with Crippen LogP contribution in [0.25, 0.3) is 0 Å². The quantitative estimate of drug-likeness (QED) is 0.839. The van der Waals surface area contributed by atoms with E-state index in [0.29, 0.717) is 6.61 Å². The van der Waals surface area contributed by atoms with Gasteiger partial charge in [0.1, 0.15) is 16.7 Å². The van der Waals surface area contributed by atoms with Crippen LogP contribution in [-0.4, -0.2) is 40.8 Å². The first-order valence-corrected chi connectivity index (χ1v) is 8.75. The lowest BCUT2D eigenvalue weighted by Gasteiger charge is -2.36. The monoisotopic (exact) mass is 326 g/mol. The van der Waals surface area contributed by atoms with E-state index in [0.717, 1.165) is 30.8 Å². The van der Waals surface area contributed by atoms with E-state index in [1.165, 1.54) is 0 Å². The molecule has 0 bridgehead atoms. The van der Waals surface area contributed by atoms with Gasteiger partial charge in [-0.3, -0.25) is 0 Å². The molecule has 0 N–H and O–H groups in total. The number of carbonyl (C=O) groups excluding carboxylic acids is 1. The molecule has 1 fully saturated rings. The van der Waals surface area contributed by atoms with E-state index in [4.69, 9.17) is 9.47 Å². The number of thiazole rings is 1. The molecule has 0 radical (unpaired) electrons. The minimum atomic E-state index is -0.464. The molecule has 2 heterocycles. The molecule has 6 heteroatoms. The SMILES string of the molecule is C[C@H](OC[C@H]1CCCCN1C(=O)OC(C)(C)C)c1nccs1. The Kier molecular flexibility index (Phi) is 5.81. The van der Waals surface area contributed by atoms with Gasteiger partial charge in [0.15, 0.2) is 0 Å². The van der Waals surface area contributed by atoms with Gasteiger partial charge in [0.2, 0.25) is 0 Å². The number of amides is 1. The Balaban J connectivity index is 1.90. The average molecular weight is 326 g/mol. The first-order chi connectivity index (χ1) is 10.4. The lowest BCUT2D eigenvalue weighted by atomic mass is 10.0. The topological polar surface area (TPSA) is 51.7 Å². The third kappa shape index (κ3) is 4.95. The van der Waals surface area contributed by atoms with Crippen LogP contribution in [0, 0.1) is 0 Å². The summed E-state index contributed by atoms with van der Waals surface area (Å²) in [7, 11) is 0. The summed E-state index contributed by atoms with van der Waals surface area (Å²) in [6.45, 7) is 8.95. The van der Waals surface area contributed by atoms with Gasteiger partial charge in [-0.2, -0.15) is 0 Å². The van der Waals surface area contributed by atoms with Crippen molar-refractivity contribution in [2.75, 3.05) is 13.2 Å². The summed E-state index contributed by atoms with van der Waals surface area (Å²) in [6.07, 6.45) is 4.62. The zero-order valence-corrected chi connectivity index (χ0v) is 14.7. The summed E-state index contributed by atoms with van der Waals surface area (Å²) >= 11 is 1.59. The van der Waals surface area contributed by atoms with E-state index in [-0.39, 0.29) is 18.2 Å². The second kappa shape index (κ2) is 7.42. The minimum Gasteiger partial charge on any atom is -0.444 e. The summed E-state index contributed by atoms with van der Waals surface area (Å²) in [6, 6.07) is 0.0889. The maximum Gasteiger partial charge on any atom is 0.410 e. The van der Waals surface area contributed by atoms with Crippen LogP contribution in [0.2, 0.25) is 0 Å². The zero-order valence-electron chi connectivity index (χ0n) is 13.9. The van der Waals surface area contributed by atoms with Crippen molar-refractivity contribution in [1.82, 2.24) is 9.88 Å². The Bertz CT molecular complexity index is 470. The second-order valence-corrected chi connectivity index (χ2v) is 7.60. The van der Waals surface area contributed by atoms with Gasteiger partial charge in [0, 0.05) is 18.1 Å². The molecule has 1 amide bonds. The van der Waals surface area contributed by atoms with Crippen molar-refractivity contribution in [3.63, 3.8) is 0 Å². The van der Waals surface area contributed by atoms with E-state index in [1.807, 2.05) is 38.0 Å². The summed E-state index contributed by atoms with van der Waals surface area (Å²) < 4.78 is 11.4. The van der Waals surface area contributed by atoms with Crippen molar-refractivity contribution < 1.29 is 14.3 Å². The van der Waals surface area contributed by atoms with Gasteiger partial charge < -0.3 is 14.4 Å². The Morgan fingerprint density at radius 2 is 2.27 bits per heavy atom. The van der Waals surface area contributed by atoms with Gasteiger partial charge in [0.05, 0.1) is 12.6 Å². The molecular formula is C16H26N2O3S. The third-order valence-electron chi connectivity index (χ3n) is 3.59. The highest BCUT2D eigenvalue weighted by molar-refractivity contribution is 7.09. The lowest BCUT2D eigenvalue weighted by molar-refractivity contribution is -0.0211. The maximum atomic E-state index is 12.3. The van der Waals surface area contributed by atoms with Crippen LogP contribution < -0.4 is 0 Å². The molecule has 5 nitrogen and oxygen atoms in total. The van der Waals surface area contributed by atoms with Crippen molar-refractivity contribution >= 4 is 17.4 Å². The van der Waals surface area contributed by atoms with Crippen molar-refractivity contribution in [3.8, 4) is 0 Å². The van der Waals surface area contributed by atoms with Gasteiger partial charge in [-0.05, 0) is 47.0 Å². The summed E-state index contributed by atoms with van der Waals surface area (Å²) in [5, 5.41) is 2.92. The number of hydrogen-bond acceptors (Lipinski definition) is 5. The van der Waals surface area contributed by atoms with Gasteiger partial charge >= 0.3 is 6.09 Å².